The monoisotopic (exact) mass is 832 g/mol. The van der Waals surface area contributed by atoms with Crippen molar-refractivity contribution in [3.05, 3.63) is 119 Å². The molecule has 61 heavy (non-hydrogen) atoms. The summed E-state index contributed by atoms with van der Waals surface area (Å²) >= 11 is 0. The number of hydrogen-bond acceptors (Lipinski definition) is 15. The topological polar surface area (TPSA) is 151 Å². The fourth-order valence-corrected chi connectivity index (χ4v) is 7.21. The third-order valence-electron chi connectivity index (χ3n) is 10.0. The Bertz CT molecular complexity index is 2180. The van der Waals surface area contributed by atoms with Crippen LogP contribution in [0.1, 0.15) is 59.7 Å². The van der Waals surface area contributed by atoms with E-state index in [1.165, 1.54) is 0 Å². The first kappa shape index (κ1) is 43.6. The van der Waals surface area contributed by atoms with E-state index >= 15 is 0 Å². The van der Waals surface area contributed by atoms with Crippen molar-refractivity contribution in [2.45, 2.75) is 53.6 Å². The molecule has 7 heterocycles. The molecule has 0 atom stereocenters. The average Bonchev–Trinajstić information content (AvgIpc) is 4.08. The summed E-state index contributed by atoms with van der Waals surface area (Å²) in [6, 6.07) is 23.3. The van der Waals surface area contributed by atoms with Gasteiger partial charge in [-0.1, -0.05) is 0 Å². The van der Waals surface area contributed by atoms with Gasteiger partial charge in [0.1, 0.15) is 36.2 Å². The Morgan fingerprint density at radius 3 is 1.44 bits per heavy atom. The summed E-state index contributed by atoms with van der Waals surface area (Å²) in [7, 11) is 1.90. The molecule has 6 aromatic heterocycles. The highest BCUT2D eigenvalue weighted by atomic mass is 17.2. The van der Waals surface area contributed by atoms with Crippen LogP contribution < -0.4 is 5.66 Å². The molecule has 1 aliphatic heterocycles. The number of pyridine rings is 3. The summed E-state index contributed by atoms with van der Waals surface area (Å²) in [5.41, 5.74) is 7.62. The van der Waals surface area contributed by atoms with Crippen LogP contribution in [0.15, 0.2) is 98.6 Å². The predicted octanol–water partition coefficient (Wildman–Crippen LogP) is 5.84. The zero-order chi connectivity index (χ0) is 42.4. The molecule has 6 aromatic rings. The van der Waals surface area contributed by atoms with Gasteiger partial charge in [-0.15, -0.1) is 0 Å². The Morgan fingerprint density at radius 2 is 1.03 bits per heavy atom. The lowest BCUT2D eigenvalue weighted by atomic mass is 10.1. The van der Waals surface area contributed by atoms with Crippen molar-refractivity contribution in [3.8, 4) is 34.0 Å². The fourth-order valence-electron chi connectivity index (χ4n) is 7.21. The minimum atomic E-state index is -0.471. The van der Waals surface area contributed by atoms with Crippen molar-refractivity contribution >= 4 is 19.5 Å². The van der Waals surface area contributed by atoms with E-state index in [2.05, 4.69) is 26.8 Å². The Morgan fingerprint density at radius 1 is 0.574 bits per heavy atom. The molecule has 0 bridgehead atoms. The zero-order valence-electron chi connectivity index (χ0n) is 35.3. The quantitative estimate of drug-likeness (QED) is 0.0316. The highest BCUT2D eigenvalue weighted by Gasteiger charge is 2.22. The molecule has 1 fully saturated rings. The van der Waals surface area contributed by atoms with E-state index in [4.69, 9.17) is 52.5 Å². The number of hydrogen-bond donors (Lipinski definition) is 0. The van der Waals surface area contributed by atoms with Crippen LogP contribution in [-0.4, -0.2) is 103 Å². The summed E-state index contributed by atoms with van der Waals surface area (Å²) in [5, 5.41) is 0. The van der Waals surface area contributed by atoms with Gasteiger partial charge in [-0.2, -0.15) is 0 Å². The molecule has 0 saturated carbocycles. The van der Waals surface area contributed by atoms with Gasteiger partial charge >= 0.3 is 5.97 Å². The first-order chi connectivity index (χ1) is 29.8. The Kier molecular flexibility index (Phi) is 15.6. The molecule has 320 valence electrons. The predicted molar refractivity (Wildman–Crippen MR) is 229 cm³/mol. The average molecular weight is 833 g/mol. The molecule has 0 aromatic carbocycles. The van der Waals surface area contributed by atoms with Crippen LogP contribution in [0, 0.1) is 0 Å². The normalized spacial score (nSPS) is 14.5. The molecule has 1 aliphatic rings. The number of rotatable bonds is 19. The van der Waals surface area contributed by atoms with Gasteiger partial charge in [0.05, 0.1) is 66.5 Å². The molecule has 0 unspecified atom stereocenters. The first-order valence-corrected chi connectivity index (χ1v) is 20.8. The number of carbonyl (C=O) groups excluding carboxylic acids is 1. The van der Waals surface area contributed by atoms with Gasteiger partial charge in [0, 0.05) is 75.6 Å². The Hall–Kier alpha value is -5.46. The molecule has 0 N–H and O–H groups in total. The second-order valence-corrected chi connectivity index (χ2v) is 14.7. The van der Waals surface area contributed by atoms with Crippen LogP contribution in [0.25, 0.3) is 34.0 Å². The van der Waals surface area contributed by atoms with Crippen molar-refractivity contribution in [2.75, 3.05) is 59.1 Å². The maximum Gasteiger partial charge on any atom is 0.356 e. The van der Waals surface area contributed by atoms with Crippen LogP contribution in [0.4, 0.5) is 0 Å². The third kappa shape index (κ3) is 12.5. The Labute approximate surface area is 356 Å². The molecule has 0 aliphatic carbocycles. The van der Waals surface area contributed by atoms with Crippen molar-refractivity contribution in [2.24, 2.45) is 0 Å². The van der Waals surface area contributed by atoms with Crippen molar-refractivity contribution in [1.29, 1.82) is 0 Å². The molecular weight excluding hydrogens is 779 g/mol. The summed E-state index contributed by atoms with van der Waals surface area (Å²) in [4.78, 5) is 56.4. The van der Waals surface area contributed by atoms with E-state index in [1.807, 2.05) is 76.3 Å². The SMILES string of the molecule is Bc1ccc(-c2cc(CN3CCN(Cc4cc(-c5ccco5)cc(COOCC)n4)CCN(Cc4cc(-c5ccco5)cc(COOCC)n4)CC3)nc(C(=O)OCC)c2)o1. The number of ether oxygens (including phenoxy) is 1. The van der Waals surface area contributed by atoms with Gasteiger partial charge in [0.2, 0.25) is 0 Å². The van der Waals surface area contributed by atoms with Gasteiger partial charge in [-0.3, -0.25) is 24.7 Å². The van der Waals surface area contributed by atoms with E-state index < -0.39 is 5.97 Å². The number of furan rings is 3. The molecule has 15 nitrogen and oxygen atoms in total. The number of aromatic nitrogens is 3. The lowest BCUT2D eigenvalue weighted by molar-refractivity contribution is -0.301. The van der Waals surface area contributed by atoms with Gasteiger partial charge in [-0.25, -0.2) is 29.3 Å². The first-order valence-electron chi connectivity index (χ1n) is 20.8. The molecule has 0 radical (unpaired) electrons. The smallest absolute Gasteiger partial charge is 0.356 e. The standard InChI is InChI=1S/C45H53BN6O9/c1-4-54-45(53)40-26-34(43-11-12-44(46)61-43)23-37(49-40)29-52-17-15-50(27-35-21-32(41-9-7-19-55-41)24-38(47-35)30-59-57-5-2)13-14-51(16-18-52)28-36-22-33(42-10-8-20-56-42)25-39(48-36)31-60-58-6-3/h7-12,19-26H,4-6,13-18,27-31,46H2,1-3H3. The van der Waals surface area contributed by atoms with Crippen LogP contribution in [0.5, 0.6) is 0 Å². The van der Waals surface area contributed by atoms with E-state index in [9.17, 15) is 4.79 Å². The van der Waals surface area contributed by atoms with E-state index in [1.54, 1.807) is 25.5 Å². The van der Waals surface area contributed by atoms with Gasteiger partial charge in [0.15, 0.2) is 7.85 Å². The van der Waals surface area contributed by atoms with Gasteiger partial charge in [-0.05, 0) is 93.6 Å². The van der Waals surface area contributed by atoms with E-state index in [0.717, 1.165) is 102 Å². The maximum absolute atomic E-state index is 13.1. The van der Waals surface area contributed by atoms with Crippen molar-refractivity contribution in [1.82, 2.24) is 29.7 Å². The molecule has 7 rings (SSSR count). The second kappa shape index (κ2) is 21.9. The van der Waals surface area contributed by atoms with E-state index in [0.29, 0.717) is 38.6 Å². The zero-order valence-corrected chi connectivity index (χ0v) is 35.3. The molecule has 1 saturated heterocycles. The largest absolute Gasteiger partial charge is 0.472 e. The Balaban J connectivity index is 1.18. The minimum Gasteiger partial charge on any atom is -0.472 e. The summed E-state index contributed by atoms with van der Waals surface area (Å²) in [5.74, 6) is 1.69. The number of nitrogens with zero attached hydrogens (tertiary/aromatic N) is 6. The number of carbonyl (C=O) groups is 1. The maximum atomic E-state index is 13.1. The lowest BCUT2D eigenvalue weighted by Crippen LogP contribution is -2.36. The molecule has 0 amide bonds. The highest BCUT2D eigenvalue weighted by molar-refractivity contribution is 6.29. The summed E-state index contributed by atoms with van der Waals surface area (Å²) < 4.78 is 22.9. The van der Waals surface area contributed by atoms with E-state index in [-0.39, 0.29) is 25.5 Å². The van der Waals surface area contributed by atoms with Crippen LogP contribution in [0.3, 0.4) is 0 Å². The molecule has 0 spiro atoms. The minimum absolute atomic E-state index is 0.204. The molecular formula is C45H53BN6O9. The lowest BCUT2D eigenvalue weighted by Gasteiger charge is -2.26. The second-order valence-electron chi connectivity index (χ2n) is 14.7. The third-order valence-corrected chi connectivity index (χ3v) is 10.0. The van der Waals surface area contributed by atoms with Gasteiger partial charge in [0.25, 0.3) is 0 Å². The van der Waals surface area contributed by atoms with Crippen LogP contribution >= 0.6 is 0 Å². The summed E-state index contributed by atoms with van der Waals surface area (Å²) in [6.07, 6.45) is 3.33. The van der Waals surface area contributed by atoms with Crippen molar-refractivity contribution in [3.63, 3.8) is 0 Å². The fraction of sp³-hybridized carbons (Fsp3) is 0.378. The van der Waals surface area contributed by atoms with Crippen LogP contribution in [-0.2, 0) is 57.1 Å². The number of esters is 1. The molecule has 16 heteroatoms. The van der Waals surface area contributed by atoms with Crippen LogP contribution in [0.2, 0.25) is 0 Å². The highest BCUT2D eigenvalue weighted by Crippen LogP contribution is 2.26. The van der Waals surface area contributed by atoms with Gasteiger partial charge < -0.3 is 18.0 Å². The summed E-state index contributed by atoms with van der Waals surface area (Å²) in [6.45, 7) is 13.2. The van der Waals surface area contributed by atoms with Crippen molar-refractivity contribution < 1.29 is 42.3 Å².